The van der Waals surface area contributed by atoms with E-state index in [0.29, 0.717) is 9.90 Å². The molecule has 1 aromatic heterocycles. The molecular weight excluding hydrogens is 443 g/mol. The number of imide groups is 1. The lowest BCUT2D eigenvalue weighted by molar-refractivity contribution is -0.131. The predicted molar refractivity (Wildman–Crippen MR) is 117 cm³/mol. The predicted octanol–water partition coefficient (Wildman–Crippen LogP) is 4.93. The molecular formula is C22H16Cl2N2O3S. The normalized spacial score (nSPS) is 18.5. The van der Waals surface area contributed by atoms with Gasteiger partial charge in [0.25, 0.3) is 5.91 Å². The second-order valence-electron chi connectivity index (χ2n) is 6.92. The molecule has 2 aromatic carbocycles. The molecule has 1 aliphatic heterocycles. The van der Waals surface area contributed by atoms with Crippen molar-refractivity contribution in [1.29, 1.82) is 0 Å². The second-order valence-corrected chi connectivity index (χ2v) is 9.20. The molecule has 0 spiro atoms. The molecule has 1 atom stereocenters. The Morgan fingerprint density at radius 2 is 1.63 bits per heavy atom. The Balaban J connectivity index is 1.68. The van der Waals surface area contributed by atoms with E-state index in [-0.39, 0.29) is 16.3 Å². The van der Waals surface area contributed by atoms with Crippen molar-refractivity contribution in [3.05, 3.63) is 92.1 Å². The fraction of sp³-hybridized carbons (Fsp3) is 0.136. The first-order valence-corrected chi connectivity index (χ1v) is 10.7. The molecule has 1 fully saturated rings. The van der Waals surface area contributed by atoms with Crippen LogP contribution in [0.5, 0.6) is 0 Å². The minimum Gasteiger partial charge on any atom is -0.319 e. The maximum Gasteiger partial charge on any atom is 0.325 e. The van der Waals surface area contributed by atoms with Crippen molar-refractivity contribution >= 4 is 52.3 Å². The summed E-state index contributed by atoms with van der Waals surface area (Å²) in [6.07, 6.45) is 0.262. The Morgan fingerprint density at radius 3 is 2.23 bits per heavy atom. The summed E-state index contributed by atoms with van der Waals surface area (Å²) in [5, 5.41) is 2.84. The van der Waals surface area contributed by atoms with Gasteiger partial charge in [-0.2, -0.15) is 0 Å². The fourth-order valence-electron chi connectivity index (χ4n) is 3.57. The van der Waals surface area contributed by atoms with E-state index in [1.165, 1.54) is 6.07 Å². The van der Waals surface area contributed by atoms with Crippen LogP contribution in [-0.4, -0.2) is 29.2 Å². The van der Waals surface area contributed by atoms with E-state index in [1.807, 2.05) is 48.5 Å². The number of thiophene rings is 1. The summed E-state index contributed by atoms with van der Waals surface area (Å²) in [7, 11) is 0. The molecule has 0 radical (unpaired) electrons. The van der Waals surface area contributed by atoms with E-state index in [4.69, 9.17) is 23.2 Å². The minimum atomic E-state index is -1.30. The summed E-state index contributed by atoms with van der Waals surface area (Å²) in [6, 6.07) is 19.3. The molecule has 2 heterocycles. The van der Waals surface area contributed by atoms with Gasteiger partial charge >= 0.3 is 6.03 Å². The summed E-state index contributed by atoms with van der Waals surface area (Å²) in [5.41, 5.74) is 0.443. The van der Waals surface area contributed by atoms with Crippen LogP contribution in [0, 0.1) is 0 Å². The largest absolute Gasteiger partial charge is 0.325 e. The average molecular weight is 459 g/mol. The van der Waals surface area contributed by atoms with Gasteiger partial charge in [-0.05, 0) is 17.2 Å². The van der Waals surface area contributed by atoms with E-state index in [2.05, 4.69) is 5.32 Å². The quantitative estimate of drug-likeness (QED) is 0.420. The number of amides is 3. The van der Waals surface area contributed by atoms with Gasteiger partial charge in [0.05, 0.1) is 16.4 Å². The number of halogens is 2. The van der Waals surface area contributed by atoms with Crippen molar-refractivity contribution in [2.24, 2.45) is 0 Å². The number of nitrogens with zero attached hydrogens (tertiary/aromatic N) is 1. The van der Waals surface area contributed by atoms with Crippen LogP contribution in [0.4, 0.5) is 4.79 Å². The average Bonchev–Trinajstić information content (AvgIpc) is 3.20. The lowest BCUT2D eigenvalue weighted by atomic mass is 9.83. The number of hydrogen-bond donors (Lipinski definition) is 1. The Labute approximate surface area is 187 Å². The fourth-order valence-corrected chi connectivity index (χ4v) is 5.07. The Hall–Kier alpha value is -2.67. The minimum absolute atomic E-state index is 0.201. The van der Waals surface area contributed by atoms with Crippen molar-refractivity contribution in [2.45, 2.75) is 12.0 Å². The highest BCUT2D eigenvalue weighted by molar-refractivity contribution is 7.20. The van der Waals surface area contributed by atoms with Crippen LogP contribution >= 0.6 is 34.5 Å². The zero-order valence-electron chi connectivity index (χ0n) is 15.6. The Morgan fingerprint density at radius 1 is 1.00 bits per heavy atom. The first-order chi connectivity index (χ1) is 14.4. The van der Waals surface area contributed by atoms with Crippen LogP contribution in [0.25, 0.3) is 0 Å². The molecule has 30 heavy (non-hydrogen) atoms. The van der Waals surface area contributed by atoms with Gasteiger partial charge in [0.15, 0.2) is 11.3 Å². The second kappa shape index (κ2) is 8.22. The highest BCUT2D eigenvalue weighted by Gasteiger charge is 2.52. The number of urea groups is 1. The topological polar surface area (TPSA) is 66.5 Å². The maximum absolute atomic E-state index is 13.5. The van der Waals surface area contributed by atoms with E-state index >= 15 is 0 Å². The molecule has 0 unspecified atom stereocenters. The summed E-state index contributed by atoms with van der Waals surface area (Å²) in [6.45, 7) is -0.416. The molecule has 0 saturated carbocycles. The van der Waals surface area contributed by atoms with Gasteiger partial charge in [-0.15, -0.1) is 11.3 Å². The molecule has 0 aliphatic carbocycles. The zero-order chi connectivity index (χ0) is 21.3. The van der Waals surface area contributed by atoms with Crippen LogP contribution in [0.15, 0.2) is 66.7 Å². The van der Waals surface area contributed by atoms with E-state index < -0.39 is 29.8 Å². The molecule has 1 aliphatic rings. The number of nitrogens with one attached hydrogen (secondary N) is 1. The van der Waals surface area contributed by atoms with Crippen LogP contribution in [0.2, 0.25) is 8.67 Å². The summed E-state index contributed by atoms with van der Waals surface area (Å²) in [5.74, 6) is -0.927. The Bertz CT molecular complexity index is 1120. The highest BCUT2D eigenvalue weighted by Crippen LogP contribution is 2.35. The molecule has 8 heteroatoms. The van der Waals surface area contributed by atoms with Crippen molar-refractivity contribution in [1.82, 2.24) is 10.2 Å². The first-order valence-electron chi connectivity index (χ1n) is 9.12. The third kappa shape index (κ3) is 3.74. The molecule has 0 bridgehead atoms. The smallest absolute Gasteiger partial charge is 0.319 e. The number of ketones is 1. The van der Waals surface area contributed by atoms with Gasteiger partial charge in [-0.1, -0.05) is 83.9 Å². The third-order valence-electron chi connectivity index (χ3n) is 5.01. The lowest BCUT2D eigenvalue weighted by Crippen LogP contribution is -2.46. The van der Waals surface area contributed by atoms with Crippen LogP contribution in [0.3, 0.4) is 0 Å². The summed E-state index contributed by atoms with van der Waals surface area (Å²) < 4.78 is 0.596. The summed E-state index contributed by atoms with van der Waals surface area (Å²) in [4.78, 5) is 40.0. The molecule has 4 rings (SSSR count). The van der Waals surface area contributed by atoms with Gasteiger partial charge in [0.1, 0.15) is 4.34 Å². The van der Waals surface area contributed by atoms with Crippen molar-refractivity contribution in [2.75, 3.05) is 6.54 Å². The first kappa shape index (κ1) is 20.6. The van der Waals surface area contributed by atoms with Crippen molar-refractivity contribution in [3.8, 4) is 0 Å². The molecule has 152 valence electrons. The van der Waals surface area contributed by atoms with Crippen LogP contribution < -0.4 is 5.32 Å². The molecule has 1 saturated heterocycles. The summed E-state index contributed by atoms with van der Waals surface area (Å²) >= 11 is 13.0. The SMILES string of the molecule is O=C(CN1C(=O)N[C@@](Cc2ccccc2)(c2ccccc2)C1=O)c1cc(Cl)sc1Cl. The number of benzene rings is 2. The molecule has 3 amide bonds. The van der Waals surface area contributed by atoms with Gasteiger partial charge in [-0.25, -0.2) is 4.79 Å². The number of carbonyl (C=O) groups excluding carboxylic acids is 3. The highest BCUT2D eigenvalue weighted by atomic mass is 35.5. The van der Waals surface area contributed by atoms with Crippen LogP contribution in [0.1, 0.15) is 21.5 Å². The number of hydrogen-bond acceptors (Lipinski definition) is 4. The van der Waals surface area contributed by atoms with E-state index in [9.17, 15) is 14.4 Å². The van der Waals surface area contributed by atoms with Crippen LogP contribution in [-0.2, 0) is 16.8 Å². The monoisotopic (exact) mass is 458 g/mol. The molecule has 5 nitrogen and oxygen atoms in total. The maximum atomic E-state index is 13.5. The number of carbonyl (C=O) groups is 3. The van der Waals surface area contributed by atoms with E-state index in [1.54, 1.807) is 12.1 Å². The van der Waals surface area contributed by atoms with Crippen molar-refractivity contribution in [3.63, 3.8) is 0 Å². The van der Waals surface area contributed by atoms with Gasteiger partial charge in [0, 0.05) is 6.42 Å². The van der Waals surface area contributed by atoms with E-state index in [0.717, 1.165) is 21.8 Å². The third-order valence-corrected chi connectivity index (χ3v) is 6.50. The Kier molecular flexibility index (Phi) is 5.64. The number of Topliss-reactive ketones (excluding diaryl/α,β-unsaturated/α-hetero) is 1. The van der Waals surface area contributed by atoms with Gasteiger partial charge < -0.3 is 5.32 Å². The standard InChI is InChI=1S/C22H16Cl2N2O3S/c23-18-11-16(19(24)30-18)17(27)13-26-20(28)22(25-21(26)29,15-9-5-2-6-10-15)12-14-7-3-1-4-8-14/h1-11H,12-13H2,(H,25,29)/t22-/m0/s1. The number of rotatable bonds is 6. The van der Waals surface area contributed by atoms with Gasteiger partial charge in [0.2, 0.25) is 0 Å². The van der Waals surface area contributed by atoms with Crippen molar-refractivity contribution < 1.29 is 14.4 Å². The molecule has 1 N–H and O–H groups in total. The van der Waals surface area contributed by atoms with Gasteiger partial charge in [-0.3, -0.25) is 14.5 Å². The molecule has 3 aromatic rings. The zero-order valence-corrected chi connectivity index (χ0v) is 17.9. The lowest BCUT2D eigenvalue weighted by Gasteiger charge is -2.27.